The molecule has 0 aliphatic carbocycles. The molecule has 2 N–H and O–H groups in total. The molecule has 0 unspecified atom stereocenters. The molecule has 0 bridgehead atoms. The van der Waals surface area contributed by atoms with Gasteiger partial charge in [0.1, 0.15) is 0 Å². The van der Waals surface area contributed by atoms with Gasteiger partial charge in [-0.15, -0.1) is 0 Å². The first-order valence-corrected chi connectivity index (χ1v) is 8.74. The van der Waals surface area contributed by atoms with E-state index < -0.39 is 0 Å². The third kappa shape index (κ3) is 3.54. The van der Waals surface area contributed by atoms with Crippen LogP contribution in [0.5, 0.6) is 0 Å². The van der Waals surface area contributed by atoms with Crippen LogP contribution in [0.3, 0.4) is 0 Å². The number of nitrogens with one attached hydrogen (secondary N) is 2. The molecule has 2 saturated heterocycles. The Kier molecular flexibility index (Phi) is 5.74. The minimum absolute atomic E-state index is 0.256. The first kappa shape index (κ1) is 17.4. The van der Waals surface area contributed by atoms with E-state index in [1.165, 1.54) is 23.5 Å². The first-order valence-electron chi connectivity index (χ1n) is 7.10. The molecule has 4 nitrogen and oxygen atoms in total. The zero-order valence-electron chi connectivity index (χ0n) is 13.2. The number of allylic oxidation sites excluding steroid dienone is 5. The van der Waals surface area contributed by atoms with Crippen LogP contribution >= 0.6 is 23.5 Å². The smallest absolute Gasteiger partial charge is 0.263 e. The molecule has 0 spiro atoms. The van der Waals surface area contributed by atoms with E-state index in [2.05, 4.69) is 17.2 Å². The molecule has 120 valence electrons. The number of thioether (sulfide) groups is 2. The molecule has 0 saturated carbocycles. The minimum Gasteiger partial charge on any atom is -0.321 e. The lowest BCUT2D eigenvalue weighted by atomic mass is 10.3. The van der Waals surface area contributed by atoms with Crippen LogP contribution in [0.1, 0.15) is 20.8 Å². The van der Waals surface area contributed by atoms with E-state index in [1.807, 2.05) is 45.1 Å². The Morgan fingerprint density at radius 3 is 1.74 bits per heavy atom. The molecule has 2 rings (SSSR count). The molecule has 6 heteroatoms. The van der Waals surface area contributed by atoms with Crippen molar-refractivity contribution in [2.24, 2.45) is 0 Å². The largest absolute Gasteiger partial charge is 0.321 e. The molecule has 2 amide bonds. The average molecular weight is 346 g/mol. The predicted molar refractivity (Wildman–Crippen MR) is 98.0 cm³/mol. The molecular weight excluding hydrogens is 328 g/mol. The van der Waals surface area contributed by atoms with Gasteiger partial charge in [-0.05, 0) is 26.8 Å². The number of carbonyl (C=O) groups excluding carboxylic acids is 2. The normalized spacial score (nSPS) is 29.2. The van der Waals surface area contributed by atoms with Gasteiger partial charge in [-0.3, -0.25) is 9.59 Å². The zero-order chi connectivity index (χ0) is 17.0. The Morgan fingerprint density at radius 2 is 1.30 bits per heavy atom. The van der Waals surface area contributed by atoms with Crippen molar-refractivity contribution in [3.05, 3.63) is 68.0 Å². The van der Waals surface area contributed by atoms with E-state index in [9.17, 15) is 9.59 Å². The number of carbonyl (C=O) groups is 2. The van der Waals surface area contributed by atoms with Crippen LogP contribution in [0.4, 0.5) is 0 Å². The molecule has 0 aromatic carbocycles. The highest BCUT2D eigenvalue weighted by Crippen LogP contribution is 2.43. The second-order valence-electron chi connectivity index (χ2n) is 4.59. The van der Waals surface area contributed by atoms with Gasteiger partial charge in [0.15, 0.2) is 0 Å². The molecular formula is C17H18N2O2S2. The second-order valence-corrected chi connectivity index (χ2v) is 6.70. The topological polar surface area (TPSA) is 58.2 Å². The molecule has 2 aliphatic heterocycles. The average Bonchev–Trinajstić information content (AvgIpc) is 2.56. The Morgan fingerprint density at radius 1 is 0.826 bits per heavy atom. The van der Waals surface area contributed by atoms with Crippen molar-refractivity contribution < 1.29 is 9.59 Å². The molecule has 2 heterocycles. The van der Waals surface area contributed by atoms with E-state index in [-0.39, 0.29) is 11.8 Å². The summed E-state index contributed by atoms with van der Waals surface area (Å²) >= 11 is 2.61. The fraction of sp³-hybridized carbons (Fsp3) is 0.176. The van der Waals surface area contributed by atoms with Gasteiger partial charge >= 0.3 is 0 Å². The van der Waals surface area contributed by atoms with Crippen LogP contribution in [-0.4, -0.2) is 11.8 Å². The number of amides is 2. The maximum absolute atomic E-state index is 12.4. The van der Waals surface area contributed by atoms with Crippen LogP contribution in [0.25, 0.3) is 0 Å². The van der Waals surface area contributed by atoms with E-state index in [4.69, 9.17) is 0 Å². The lowest BCUT2D eigenvalue weighted by molar-refractivity contribution is -0.118. The standard InChI is InChI=1S/C17H18N2O2S2/c1-5-9-13-11(7-3)19-17(21)15(23-13)14-16(20)18-10(6-2)12(8-4)22-14/h5-9H,1H2,2-4H3,(H,18,20)(H,19,21)/b10-6+,11-7+,12-8+,13-9+,15-14+. The van der Waals surface area contributed by atoms with Crippen LogP contribution < -0.4 is 10.6 Å². The van der Waals surface area contributed by atoms with Crippen LogP contribution in [0, 0.1) is 0 Å². The van der Waals surface area contributed by atoms with Crippen molar-refractivity contribution in [2.45, 2.75) is 20.8 Å². The van der Waals surface area contributed by atoms with Gasteiger partial charge in [-0.2, -0.15) is 0 Å². The highest BCUT2D eigenvalue weighted by Gasteiger charge is 2.32. The summed E-state index contributed by atoms with van der Waals surface area (Å²) < 4.78 is 0. The Hall–Kier alpha value is -1.92. The van der Waals surface area contributed by atoms with Crippen LogP contribution in [-0.2, 0) is 9.59 Å². The summed E-state index contributed by atoms with van der Waals surface area (Å²) in [5.74, 6) is -0.519. The van der Waals surface area contributed by atoms with E-state index in [1.54, 1.807) is 6.08 Å². The van der Waals surface area contributed by atoms with Crippen molar-refractivity contribution in [3.63, 3.8) is 0 Å². The summed E-state index contributed by atoms with van der Waals surface area (Å²) in [4.78, 5) is 27.4. The summed E-state index contributed by atoms with van der Waals surface area (Å²) in [6.07, 6.45) is 9.07. The summed E-state index contributed by atoms with van der Waals surface area (Å²) in [5.41, 5.74) is 1.50. The van der Waals surface area contributed by atoms with E-state index >= 15 is 0 Å². The van der Waals surface area contributed by atoms with E-state index in [0.29, 0.717) is 9.81 Å². The molecule has 2 fully saturated rings. The maximum Gasteiger partial charge on any atom is 0.263 e. The van der Waals surface area contributed by atoms with E-state index in [0.717, 1.165) is 21.2 Å². The number of hydrogen-bond acceptors (Lipinski definition) is 4. The molecule has 23 heavy (non-hydrogen) atoms. The Labute approximate surface area is 144 Å². The lowest BCUT2D eigenvalue weighted by Gasteiger charge is -2.26. The molecule has 0 aromatic heterocycles. The van der Waals surface area contributed by atoms with Gasteiger partial charge in [0, 0.05) is 9.81 Å². The summed E-state index contributed by atoms with van der Waals surface area (Å²) in [5, 5.41) is 5.66. The zero-order valence-corrected chi connectivity index (χ0v) is 14.9. The Bertz CT molecular complexity index is 725. The highest BCUT2D eigenvalue weighted by atomic mass is 32.2. The lowest BCUT2D eigenvalue weighted by Crippen LogP contribution is -2.34. The van der Waals surface area contributed by atoms with Gasteiger partial charge in [0.05, 0.1) is 21.2 Å². The van der Waals surface area contributed by atoms with Gasteiger partial charge in [-0.1, -0.05) is 54.4 Å². The van der Waals surface area contributed by atoms with Crippen molar-refractivity contribution in [1.82, 2.24) is 10.6 Å². The number of hydrogen-bond donors (Lipinski definition) is 2. The highest BCUT2D eigenvalue weighted by molar-refractivity contribution is 8.11. The Balaban J connectivity index is 2.48. The SMILES string of the molecule is C=C/C=C1/S/C(=C2/SC(=C/C)/C(=C\C)NC2=O)C(=O)N/C1=C/C. The fourth-order valence-electron chi connectivity index (χ4n) is 2.08. The summed E-state index contributed by atoms with van der Waals surface area (Å²) in [6, 6.07) is 0. The molecule has 0 aromatic rings. The fourth-order valence-corrected chi connectivity index (χ4v) is 4.26. The van der Waals surface area contributed by atoms with Crippen molar-refractivity contribution in [1.29, 1.82) is 0 Å². The second kappa shape index (κ2) is 7.57. The predicted octanol–water partition coefficient (Wildman–Crippen LogP) is 3.71. The quantitative estimate of drug-likeness (QED) is 0.711. The van der Waals surface area contributed by atoms with Gasteiger partial charge in [0.25, 0.3) is 11.8 Å². The van der Waals surface area contributed by atoms with Crippen molar-refractivity contribution in [2.75, 3.05) is 0 Å². The molecule has 0 atom stereocenters. The van der Waals surface area contributed by atoms with Gasteiger partial charge in [-0.25, -0.2) is 0 Å². The van der Waals surface area contributed by atoms with Crippen molar-refractivity contribution in [3.8, 4) is 0 Å². The first-order chi connectivity index (χ1) is 11.0. The molecule has 0 radical (unpaired) electrons. The summed E-state index contributed by atoms with van der Waals surface area (Å²) in [7, 11) is 0. The van der Waals surface area contributed by atoms with Crippen LogP contribution in [0.2, 0.25) is 0 Å². The van der Waals surface area contributed by atoms with Crippen molar-refractivity contribution >= 4 is 35.3 Å². The third-order valence-corrected chi connectivity index (χ3v) is 5.75. The maximum atomic E-state index is 12.4. The number of rotatable bonds is 1. The monoisotopic (exact) mass is 346 g/mol. The summed E-state index contributed by atoms with van der Waals surface area (Å²) in [6.45, 7) is 9.31. The minimum atomic E-state index is -0.263. The third-order valence-electron chi connectivity index (χ3n) is 3.18. The molecule has 2 aliphatic rings. The van der Waals surface area contributed by atoms with Gasteiger partial charge in [0.2, 0.25) is 0 Å². The van der Waals surface area contributed by atoms with Crippen LogP contribution in [0.15, 0.2) is 68.0 Å². The van der Waals surface area contributed by atoms with Gasteiger partial charge < -0.3 is 10.6 Å².